The molecule has 1 aliphatic rings. The van der Waals surface area contributed by atoms with Crippen molar-refractivity contribution in [3.63, 3.8) is 0 Å². The smallest absolute Gasteiger partial charge is 0.416 e. The molecule has 1 N–H and O–H groups in total. The summed E-state index contributed by atoms with van der Waals surface area (Å²) >= 11 is 0. The topological polar surface area (TPSA) is 70.6 Å². The molecular weight excluding hydrogens is 516 g/mol. The van der Waals surface area contributed by atoms with Gasteiger partial charge in [-0.25, -0.2) is 4.79 Å². The molecular formula is C25H23F6N5O2. The van der Waals surface area contributed by atoms with Gasteiger partial charge in [0.15, 0.2) is 5.82 Å². The maximum absolute atomic E-state index is 13.1. The molecule has 2 amide bonds. The number of carbonyl (C=O) groups is 1. The van der Waals surface area contributed by atoms with E-state index >= 15 is 0 Å². The molecule has 0 radical (unpaired) electrons. The molecule has 0 saturated carbocycles. The Bertz CT molecular complexity index is 1220. The molecule has 13 heteroatoms. The maximum atomic E-state index is 13.1. The third kappa shape index (κ3) is 6.45. The van der Waals surface area contributed by atoms with Gasteiger partial charge in [-0.3, -0.25) is 0 Å². The third-order valence-corrected chi connectivity index (χ3v) is 5.84. The first-order chi connectivity index (χ1) is 17.9. The van der Waals surface area contributed by atoms with E-state index in [1.807, 2.05) is 42.2 Å². The lowest BCUT2D eigenvalue weighted by atomic mass is 10.1. The van der Waals surface area contributed by atoms with Crippen LogP contribution in [-0.2, 0) is 12.4 Å². The van der Waals surface area contributed by atoms with Gasteiger partial charge in [-0.15, -0.1) is 10.2 Å². The van der Waals surface area contributed by atoms with Crippen molar-refractivity contribution in [2.45, 2.75) is 19.3 Å². The fourth-order valence-corrected chi connectivity index (χ4v) is 3.90. The Morgan fingerprint density at radius 1 is 0.868 bits per heavy atom. The molecule has 0 bridgehead atoms. The number of alkyl halides is 6. The van der Waals surface area contributed by atoms with Gasteiger partial charge in [-0.2, -0.15) is 26.3 Å². The number of ether oxygens (including phenoxy) is 1. The molecule has 4 rings (SSSR count). The molecule has 1 aliphatic heterocycles. The minimum absolute atomic E-state index is 0.0106. The number of hydrogen-bond acceptors (Lipinski definition) is 5. The van der Waals surface area contributed by atoms with Crippen LogP contribution in [0.3, 0.4) is 0 Å². The van der Waals surface area contributed by atoms with Gasteiger partial charge in [0.05, 0.1) is 23.4 Å². The lowest BCUT2D eigenvalue weighted by Gasteiger charge is -2.35. The minimum Gasteiger partial charge on any atom is -0.494 e. The van der Waals surface area contributed by atoms with Crippen molar-refractivity contribution in [1.29, 1.82) is 0 Å². The standard InChI is InChI=1S/C25H23F6N5O2/c1-2-38-20-5-3-16(4-6-20)21-7-8-22(34-33-21)35-9-11-36(12-10-35)23(37)32-19-14-17(24(26,27)28)13-18(15-19)25(29,30)31/h3-8,13-15H,2,9-12H2,1H3,(H,32,37). The number of halogens is 6. The fraction of sp³-hybridized carbons (Fsp3) is 0.320. The average Bonchev–Trinajstić information content (AvgIpc) is 2.88. The van der Waals surface area contributed by atoms with E-state index in [1.165, 1.54) is 4.90 Å². The van der Waals surface area contributed by atoms with Gasteiger partial charge in [-0.1, -0.05) is 0 Å². The summed E-state index contributed by atoms with van der Waals surface area (Å²) in [5.74, 6) is 1.32. The number of benzene rings is 2. The number of carbonyl (C=O) groups excluding carboxylic acids is 1. The van der Waals surface area contributed by atoms with Crippen LogP contribution in [0.2, 0.25) is 0 Å². The number of anilines is 2. The van der Waals surface area contributed by atoms with E-state index < -0.39 is 35.2 Å². The second kappa shape index (κ2) is 10.8. The molecule has 0 atom stereocenters. The van der Waals surface area contributed by atoms with Gasteiger partial charge in [0, 0.05) is 37.4 Å². The number of amides is 2. The van der Waals surface area contributed by atoms with Crippen molar-refractivity contribution in [2.24, 2.45) is 0 Å². The van der Waals surface area contributed by atoms with Gasteiger partial charge in [0.2, 0.25) is 0 Å². The number of urea groups is 1. The normalized spacial score (nSPS) is 14.4. The Morgan fingerprint density at radius 3 is 1.97 bits per heavy atom. The van der Waals surface area contributed by atoms with Gasteiger partial charge in [0.1, 0.15) is 5.75 Å². The molecule has 1 aromatic heterocycles. The van der Waals surface area contributed by atoms with E-state index in [4.69, 9.17) is 4.74 Å². The zero-order chi connectivity index (χ0) is 27.5. The zero-order valence-corrected chi connectivity index (χ0v) is 20.1. The molecule has 0 aliphatic carbocycles. The van der Waals surface area contributed by atoms with Crippen molar-refractivity contribution in [2.75, 3.05) is 43.0 Å². The fourth-order valence-electron chi connectivity index (χ4n) is 3.90. The van der Waals surface area contributed by atoms with Crippen molar-refractivity contribution >= 4 is 17.5 Å². The Balaban J connectivity index is 1.37. The summed E-state index contributed by atoms with van der Waals surface area (Å²) in [6.07, 6.45) is -10.0. The van der Waals surface area contributed by atoms with Crippen molar-refractivity contribution in [1.82, 2.24) is 15.1 Å². The van der Waals surface area contributed by atoms with Crippen molar-refractivity contribution < 1.29 is 35.9 Å². The van der Waals surface area contributed by atoms with Crippen molar-refractivity contribution in [3.8, 4) is 17.0 Å². The average molecular weight is 539 g/mol. The lowest BCUT2D eigenvalue weighted by Crippen LogP contribution is -2.50. The van der Waals surface area contributed by atoms with Crippen LogP contribution in [0, 0.1) is 0 Å². The zero-order valence-electron chi connectivity index (χ0n) is 20.1. The summed E-state index contributed by atoms with van der Waals surface area (Å²) in [6.45, 7) is 3.51. The third-order valence-electron chi connectivity index (χ3n) is 5.84. The molecule has 3 aromatic rings. The molecule has 38 heavy (non-hydrogen) atoms. The van der Waals surface area contributed by atoms with Crippen LogP contribution in [0.5, 0.6) is 5.75 Å². The van der Waals surface area contributed by atoms with Gasteiger partial charge < -0.3 is 19.9 Å². The molecule has 7 nitrogen and oxygen atoms in total. The predicted octanol–water partition coefficient (Wildman–Crippen LogP) is 5.93. The second-order valence-electron chi connectivity index (χ2n) is 8.43. The summed E-state index contributed by atoms with van der Waals surface area (Å²) in [7, 11) is 0. The number of hydrogen-bond donors (Lipinski definition) is 1. The van der Waals surface area contributed by atoms with Crippen LogP contribution in [0.15, 0.2) is 54.6 Å². The SMILES string of the molecule is CCOc1ccc(-c2ccc(N3CCN(C(=O)Nc4cc(C(F)(F)F)cc(C(F)(F)F)c4)CC3)nn2)cc1. The van der Waals surface area contributed by atoms with E-state index in [0.29, 0.717) is 43.3 Å². The Kier molecular flexibility index (Phi) is 7.65. The Morgan fingerprint density at radius 2 is 1.47 bits per heavy atom. The highest BCUT2D eigenvalue weighted by atomic mass is 19.4. The molecule has 1 fully saturated rings. The van der Waals surface area contributed by atoms with Crippen LogP contribution in [0.1, 0.15) is 18.1 Å². The van der Waals surface area contributed by atoms with Crippen molar-refractivity contribution in [3.05, 3.63) is 65.7 Å². The van der Waals surface area contributed by atoms with Crippen LogP contribution in [0.4, 0.5) is 42.6 Å². The minimum atomic E-state index is -5.00. The first-order valence-corrected chi connectivity index (χ1v) is 11.6. The highest BCUT2D eigenvalue weighted by Crippen LogP contribution is 2.37. The highest BCUT2D eigenvalue weighted by Gasteiger charge is 2.37. The van der Waals surface area contributed by atoms with Gasteiger partial charge in [0.25, 0.3) is 0 Å². The van der Waals surface area contributed by atoms with Crippen LogP contribution in [-0.4, -0.2) is 53.9 Å². The van der Waals surface area contributed by atoms with Crippen LogP contribution in [0.25, 0.3) is 11.3 Å². The quantitative estimate of drug-likeness (QED) is 0.407. The molecule has 1 saturated heterocycles. The van der Waals surface area contributed by atoms with Gasteiger partial charge in [-0.05, 0) is 61.5 Å². The van der Waals surface area contributed by atoms with Crippen LogP contribution < -0.4 is 15.0 Å². The molecule has 202 valence electrons. The summed E-state index contributed by atoms with van der Waals surface area (Å²) in [4.78, 5) is 15.8. The highest BCUT2D eigenvalue weighted by molar-refractivity contribution is 5.89. The molecule has 0 spiro atoms. The van der Waals surface area contributed by atoms with E-state index in [2.05, 4.69) is 15.5 Å². The Hall–Kier alpha value is -4.03. The first kappa shape index (κ1) is 27.0. The number of rotatable bonds is 5. The first-order valence-electron chi connectivity index (χ1n) is 11.6. The van der Waals surface area contributed by atoms with E-state index in [-0.39, 0.29) is 19.2 Å². The largest absolute Gasteiger partial charge is 0.494 e. The summed E-state index contributed by atoms with van der Waals surface area (Å²) in [5.41, 5.74) is -2.07. The van der Waals surface area contributed by atoms with E-state index in [9.17, 15) is 31.1 Å². The monoisotopic (exact) mass is 539 g/mol. The second-order valence-corrected chi connectivity index (χ2v) is 8.43. The summed E-state index contributed by atoms with van der Waals surface area (Å²) in [6, 6.07) is 11.2. The maximum Gasteiger partial charge on any atom is 0.416 e. The Labute approximate surface area is 214 Å². The molecule has 0 unspecified atom stereocenters. The lowest BCUT2D eigenvalue weighted by molar-refractivity contribution is -0.143. The summed E-state index contributed by atoms with van der Waals surface area (Å²) in [5, 5.41) is 10.7. The van der Waals surface area contributed by atoms with E-state index in [0.717, 1.165) is 11.3 Å². The van der Waals surface area contributed by atoms with Crippen LogP contribution >= 0.6 is 0 Å². The predicted molar refractivity (Wildman–Crippen MR) is 128 cm³/mol. The number of piperazine rings is 1. The van der Waals surface area contributed by atoms with E-state index in [1.54, 1.807) is 6.07 Å². The molecule has 2 aromatic carbocycles. The van der Waals surface area contributed by atoms with Gasteiger partial charge >= 0.3 is 18.4 Å². The molecule has 2 heterocycles. The number of aromatic nitrogens is 2. The number of nitrogens with zero attached hydrogens (tertiary/aromatic N) is 4. The summed E-state index contributed by atoms with van der Waals surface area (Å²) < 4.78 is 83.9. The number of nitrogens with one attached hydrogen (secondary N) is 1.